The molecule has 0 aliphatic heterocycles. The Hall–Kier alpha value is -0.900. The van der Waals surface area contributed by atoms with Gasteiger partial charge in [0.1, 0.15) is 5.82 Å². The predicted molar refractivity (Wildman–Crippen MR) is 70.6 cm³/mol. The molecule has 0 spiro atoms. The zero-order valence-electron chi connectivity index (χ0n) is 10.2. The minimum absolute atomic E-state index is 0.104. The summed E-state index contributed by atoms with van der Waals surface area (Å²) in [6, 6.07) is 4.49. The molecule has 0 N–H and O–H groups in total. The molecule has 17 heavy (non-hydrogen) atoms. The summed E-state index contributed by atoms with van der Waals surface area (Å²) < 4.78 is 13.7. The summed E-state index contributed by atoms with van der Waals surface area (Å²) in [6.45, 7) is 5.39. The Bertz CT molecular complexity index is 395. The summed E-state index contributed by atoms with van der Waals surface area (Å²) in [5, 5.41) is 0. The van der Waals surface area contributed by atoms with Crippen molar-refractivity contribution >= 4 is 21.8 Å². The van der Waals surface area contributed by atoms with Crippen LogP contribution < -0.4 is 0 Å². The SMILES string of the molecule is CCCCN(CC)C(=O)c1ccc(Br)c(F)c1. The van der Waals surface area contributed by atoms with Crippen LogP contribution in [-0.4, -0.2) is 23.9 Å². The van der Waals surface area contributed by atoms with Gasteiger partial charge in [-0.15, -0.1) is 0 Å². The molecular formula is C13H17BrFNO. The summed E-state index contributed by atoms with van der Waals surface area (Å²) in [5.74, 6) is -0.505. The molecule has 0 aliphatic rings. The van der Waals surface area contributed by atoms with E-state index >= 15 is 0 Å². The molecule has 0 fully saturated rings. The van der Waals surface area contributed by atoms with Crippen LogP contribution in [0.1, 0.15) is 37.0 Å². The van der Waals surface area contributed by atoms with Gasteiger partial charge in [-0.2, -0.15) is 0 Å². The van der Waals surface area contributed by atoms with Crippen molar-refractivity contribution in [3.63, 3.8) is 0 Å². The van der Waals surface area contributed by atoms with Crippen molar-refractivity contribution in [2.75, 3.05) is 13.1 Å². The monoisotopic (exact) mass is 301 g/mol. The molecule has 1 amide bonds. The molecule has 0 unspecified atom stereocenters. The van der Waals surface area contributed by atoms with Crippen LogP contribution in [0.5, 0.6) is 0 Å². The van der Waals surface area contributed by atoms with Gasteiger partial charge in [0.15, 0.2) is 0 Å². The molecule has 0 aliphatic carbocycles. The Balaban J connectivity index is 2.82. The summed E-state index contributed by atoms with van der Waals surface area (Å²) in [7, 11) is 0. The molecule has 0 bridgehead atoms. The first-order valence-corrected chi connectivity index (χ1v) is 6.63. The number of nitrogens with zero attached hydrogens (tertiary/aromatic N) is 1. The second-order valence-corrected chi connectivity index (χ2v) is 4.72. The maximum atomic E-state index is 13.3. The van der Waals surface area contributed by atoms with Crippen molar-refractivity contribution in [1.29, 1.82) is 0 Å². The predicted octanol–water partition coefficient (Wildman–Crippen LogP) is 3.85. The number of rotatable bonds is 5. The first-order chi connectivity index (χ1) is 8.10. The average molecular weight is 302 g/mol. The lowest BCUT2D eigenvalue weighted by Crippen LogP contribution is -2.31. The number of amides is 1. The van der Waals surface area contributed by atoms with E-state index in [1.54, 1.807) is 17.0 Å². The second kappa shape index (κ2) is 6.74. The van der Waals surface area contributed by atoms with Crippen molar-refractivity contribution in [3.8, 4) is 0 Å². The summed E-state index contributed by atoms with van der Waals surface area (Å²) >= 11 is 3.07. The first-order valence-electron chi connectivity index (χ1n) is 5.84. The van der Waals surface area contributed by atoms with Gasteiger partial charge in [-0.05, 0) is 47.5 Å². The molecule has 4 heteroatoms. The Kier molecular flexibility index (Phi) is 5.62. The Morgan fingerprint density at radius 1 is 1.41 bits per heavy atom. The van der Waals surface area contributed by atoms with Crippen molar-refractivity contribution in [2.45, 2.75) is 26.7 Å². The van der Waals surface area contributed by atoms with Gasteiger partial charge in [-0.25, -0.2) is 4.39 Å². The van der Waals surface area contributed by atoms with Gasteiger partial charge in [0.25, 0.3) is 5.91 Å². The number of hydrogen-bond donors (Lipinski definition) is 0. The lowest BCUT2D eigenvalue weighted by molar-refractivity contribution is 0.0762. The van der Waals surface area contributed by atoms with Crippen LogP contribution in [0.2, 0.25) is 0 Å². The standard InChI is InChI=1S/C13H17BrFNO/c1-3-5-8-16(4-2)13(17)10-6-7-11(14)12(15)9-10/h6-7,9H,3-5,8H2,1-2H3. The fourth-order valence-electron chi connectivity index (χ4n) is 1.56. The molecule has 2 nitrogen and oxygen atoms in total. The van der Waals surface area contributed by atoms with Crippen LogP contribution in [0.4, 0.5) is 4.39 Å². The molecule has 1 aromatic rings. The Morgan fingerprint density at radius 3 is 2.65 bits per heavy atom. The quantitative estimate of drug-likeness (QED) is 0.809. The highest BCUT2D eigenvalue weighted by Gasteiger charge is 2.14. The van der Waals surface area contributed by atoms with E-state index in [1.807, 2.05) is 6.92 Å². The van der Waals surface area contributed by atoms with E-state index in [1.165, 1.54) is 6.07 Å². The number of unbranched alkanes of at least 4 members (excludes halogenated alkanes) is 1. The van der Waals surface area contributed by atoms with Crippen LogP contribution in [-0.2, 0) is 0 Å². The molecule has 0 saturated carbocycles. The number of hydrogen-bond acceptors (Lipinski definition) is 1. The van der Waals surface area contributed by atoms with Gasteiger partial charge in [0.05, 0.1) is 4.47 Å². The third kappa shape index (κ3) is 3.80. The highest BCUT2D eigenvalue weighted by atomic mass is 79.9. The van der Waals surface area contributed by atoms with Gasteiger partial charge in [0.2, 0.25) is 0 Å². The van der Waals surface area contributed by atoms with Crippen LogP contribution in [0.25, 0.3) is 0 Å². The highest BCUT2D eigenvalue weighted by Crippen LogP contribution is 2.17. The van der Waals surface area contributed by atoms with Gasteiger partial charge in [0, 0.05) is 18.7 Å². The average Bonchev–Trinajstić information content (AvgIpc) is 2.33. The Morgan fingerprint density at radius 2 is 2.12 bits per heavy atom. The van der Waals surface area contributed by atoms with Crippen LogP contribution in [0.15, 0.2) is 22.7 Å². The number of benzene rings is 1. The van der Waals surface area contributed by atoms with E-state index in [2.05, 4.69) is 22.9 Å². The summed E-state index contributed by atoms with van der Waals surface area (Å²) in [6.07, 6.45) is 2.01. The number of carbonyl (C=O) groups is 1. The fourth-order valence-corrected chi connectivity index (χ4v) is 1.81. The molecule has 0 atom stereocenters. The van der Waals surface area contributed by atoms with Crippen molar-refractivity contribution in [3.05, 3.63) is 34.1 Å². The van der Waals surface area contributed by atoms with E-state index in [4.69, 9.17) is 0 Å². The van der Waals surface area contributed by atoms with Crippen LogP contribution in [0.3, 0.4) is 0 Å². The van der Waals surface area contributed by atoms with E-state index in [9.17, 15) is 9.18 Å². The van der Waals surface area contributed by atoms with Crippen molar-refractivity contribution in [1.82, 2.24) is 4.90 Å². The zero-order chi connectivity index (χ0) is 12.8. The smallest absolute Gasteiger partial charge is 0.253 e. The summed E-state index contributed by atoms with van der Waals surface area (Å²) in [5.41, 5.74) is 0.406. The molecule has 0 aromatic heterocycles. The van der Waals surface area contributed by atoms with Crippen molar-refractivity contribution < 1.29 is 9.18 Å². The minimum atomic E-state index is -0.401. The minimum Gasteiger partial charge on any atom is -0.339 e. The van der Waals surface area contributed by atoms with E-state index in [0.717, 1.165) is 19.4 Å². The maximum Gasteiger partial charge on any atom is 0.253 e. The van der Waals surface area contributed by atoms with Crippen LogP contribution >= 0.6 is 15.9 Å². The summed E-state index contributed by atoms with van der Waals surface area (Å²) in [4.78, 5) is 13.8. The fraction of sp³-hybridized carbons (Fsp3) is 0.462. The molecule has 94 valence electrons. The lowest BCUT2D eigenvalue weighted by Gasteiger charge is -2.20. The lowest BCUT2D eigenvalue weighted by atomic mass is 10.2. The Labute approximate surface area is 110 Å². The number of carbonyl (C=O) groups excluding carboxylic acids is 1. The van der Waals surface area contributed by atoms with Gasteiger partial charge in [-0.1, -0.05) is 13.3 Å². The van der Waals surface area contributed by atoms with Crippen molar-refractivity contribution in [2.24, 2.45) is 0 Å². The van der Waals surface area contributed by atoms with E-state index in [-0.39, 0.29) is 5.91 Å². The number of halogens is 2. The van der Waals surface area contributed by atoms with Gasteiger partial charge >= 0.3 is 0 Å². The molecular weight excluding hydrogens is 285 g/mol. The molecule has 1 aromatic carbocycles. The molecule has 0 radical (unpaired) electrons. The first kappa shape index (κ1) is 14.2. The molecule has 0 saturated heterocycles. The molecule has 0 heterocycles. The highest BCUT2D eigenvalue weighted by molar-refractivity contribution is 9.10. The van der Waals surface area contributed by atoms with E-state index in [0.29, 0.717) is 16.6 Å². The van der Waals surface area contributed by atoms with Crippen LogP contribution in [0, 0.1) is 5.82 Å². The largest absolute Gasteiger partial charge is 0.339 e. The topological polar surface area (TPSA) is 20.3 Å². The third-order valence-electron chi connectivity index (χ3n) is 2.62. The maximum absolute atomic E-state index is 13.3. The van der Waals surface area contributed by atoms with Gasteiger partial charge in [-0.3, -0.25) is 4.79 Å². The molecule has 1 rings (SSSR count). The third-order valence-corrected chi connectivity index (χ3v) is 3.26. The van der Waals surface area contributed by atoms with Gasteiger partial charge < -0.3 is 4.90 Å². The van der Waals surface area contributed by atoms with E-state index < -0.39 is 5.82 Å². The second-order valence-electron chi connectivity index (χ2n) is 3.87. The normalized spacial score (nSPS) is 10.4. The zero-order valence-corrected chi connectivity index (χ0v) is 11.8.